The van der Waals surface area contributed by atoms with Crippen molar-refractivity contribution in [3.8, 4) is 5.75 Å². The number of amides is 1. The van der Waals surface area contributed by atoms with E-state index in [2.05, 4.69) is 20.9 Å². The van der Waals surface area contributed by atoms with Crippen molar-refractivity contribution in [1.29, 1.82) is 0 Å². The van der Waals surface area contributed by atoms with Gasteiger partial charge < -0.3 is 9.84 Å². The highest BCUT2D eigenvalue weighted by atomic mass is 79.9. The molecule has 0 spiro atoms. The van der Waals surface area contributed by atoms with Gasteiger partial charge in [0.05, 0.1) is 28.9 Å². The van der Waals surface area contributed by atoms with Gasteiger partial charge in [0.25, 0.3) is 5.78 Å². The van der Waals surface area contributed by atoms with Gasteiger partial charge in [0.1, 0.15) is 17.3 Å². The van der Waals surface area contributed by atoms with Crippen LogP contribution in [0.2, 0.25) is 0 Å². The Hall–Kier alpha value is -3.56. The van der Waals surface area contributed by atoms with Crippen LogP contribution in [0.5, 0.6) is 5.75 Å². The molecule has 0 aliphatic carbocycles. The summed E-state index contributed by atoms with van der Waals surface area (Å²) < 4.78 is 20.2. The third-order valence-corrected chi connectivity index (χ3v) is 7.03. The Morgan fingerprint density at radius 3 is 2.59 bits per heavy atom. The van der Waals surface area contributed by atoms with E-state index in [1.54, 1.807) is 43.5 Å². The number of aromatic nitrogens is 1. The standard InChI is InChI=1S/C25H16BrFN2O4S/c1-33-17-9-10-18-19(12-17)34-25(28-18)29-21(14-3-2-4-15(26)11-14)20(23(31)24(29)32)22(30)13-5-7-16(27)8-6-13/h2-12,21,30H,1H3/b22-20+. The number of hydrogen-bond acceptors (Lipinski definition) is 6. The molecule has 1 aliphatic heterocycles. The number of nitrogens with zero attached hydrogens (tertiary/aromatic N) is 2. The number of benzene rings is 3. The highest BCUT2D eigenvalue weighted by molar-refractivity contribution is 9.10. The third kappa shape index (κ3) is 3.76. The number of ether oxygens (including phenoxy) is 1. The first kappa shape index (κ1) is 22.2. The Kier molecular flexibility index (Phi) is 5.66. The second kappa shape index (κ2) is 8.66. The number of carbonyl (C=O) groups excluding carboxylic acids is 2. The van der Waals surface area contributed by atoms with Crippen LogP contribution in [-0.4, -0.2) is 28.9 Å². The molecule has 4 aromatic rings. The molecule has 5 rings (SSSR count). The van der Waals surface area contributed by atoms with Crippen molar-refractivity contribution in [1.82, 2.24) is 4.98 Å². The van der Waals surface area contributed by atoms with Gasteiger partial charge in [-0.05, 0) is 60.2 Å². The fourth-order valence-corrected chi connectivity index (χ4v) is 5.35. The SMILES string of the molecule is COc1ccc2nc(N3C(=O)C(=O)/C(=C(/O)c4ccc(F)cc4)C3c3cccc(Br)c3)sc2c1. The molecule has 1 fully saturated rings. The molecule has 1 amide bonds. The number of fused-ring (bicyclic) bond motifs is 1. The average Bonchev–Trinajstić information content (AvgIpc) is 3.36. The number of Topliss-reactive ketones (excluding diaryl/α,β-unsaturated/α-hetero) is 1. The molecule has 1 aliphatic rings. The second-order valence-electron chi connectivity index (χ2n) is 7.56. The Morgan fingerprint density at radius 1 is 1.12 bits per heavy atom. The molecule has 1 unspecified atom stereocenters. The van der Waals surface area contributed by atoms with E-state index in [-0.39, 0.29) is 16.9 Å². The fraction of sp³-hybridized carbons (Fsp3) is 0.0800. The van der Waals surface area contributed by atoms with E-state index in [0.29, 0.717) is 22.0 Å². The summed E-state index contributed by atoms with van der Waals surface area (Å²) in [6.45, 7) is 0. The summed E-state index contributed by atoms with van der Waals surface area (Å²) in [6, 6.07) is 16.6. The third-order valence-electron chi connectivity index (χ3n) is 5.52. The first-order chi connectivity index (χ1) is 16.4. The van der Waals surface area contributed by atoms with E-state index in [4.69, 9.17) is 4.74 Å². The van der Waals surface area contributed by atoms with Crippen LogP contribution < -0.4 is 9.64 Å². The molecule has 0 bridgehead atoms. The lowest BCUT2D eigenvalue weighted by Crippen LogP contribution is -2.29. The van der Waals surface area contributed by atoms with Crippen molar-refractivity contribution in [2.75, 3.05) is 12.0 Å². The van der Waals surface area contributed by atoms with Crippen molar-refractivity contribution >= 4 is 60.1 Å². The number of ketones is 1. The molecule has 1 atom stereocenters. The molecule has 1 aromatic heterocycles. The normalized spacial score (nSPS) is 17.5. The van der Waals surface area contributed by atoms with Gasteiger partial charge in [-0.25, -0.2) is 9.37 Å². The van der Waals surface area contributed by atoms with Gasteiger partial charge in [0.15, 0.2) is 5.13 Å². The summed E-state index contributed by atoms with van der Waals surface area (Å²) in [5.41, 5.74) is 1.39. The maximum atomic E-state index is 13.4. The van der Waals surface area contributed by atoms with Crippen LogP contribution in [0.4, 0.5) is 9.52 Å². The van der Waals surface area contributed by atoms with Crippen LogP contribution in [0.1, 0.15) is 17.2 Å². The summed E-state index contributed by atoms with van der Waals surface area (Å²) in [6.07, 6.45) is 0. The van der Waals surface area contributed by atoms with Gasteiger partial charge in [0.2, 0.25) is 0 Å². The van der Waals surface area contributed by atoms with Crippen LogP contribution >= 0.6 is 27.3 Å². The van der Waals surface area contributed by atoms with Gasteiger partial charge in [-0.1, -0.05) is 39.4 Å². The molecular weight excluding hydrogens is 523 g/mol. The molecule has 9 heteroatoms. The van der Waals surface area contributed by atoms with Gasteiger partial charge >= 0.3 is 5.91 Å². The lowest BCUT2D eigenvalue weighted by atomic mass is 9.95. The zero-order valence-electron chi connectivity index (χ0n) is 17.7. The molecule has 1 N–H and O–H groups in total. The van der Waals surface area contributed by atoms with E-state index < -0.39 is 23.5 Å². The zero-order chi connectivity index (χ0) is 24.0. The highest BCUT2D eigenvalue weighted by Gasteiger charge is 2.48. The van der Waals surface area contributed by atoms with Crippen LogP contribution in [0, 0.1) is 5.82 Å². The molecule has 1 saturated heterocycles. The van der Waals surface area contributed by atoms with Gasteiger partial charge in [0, 0.05) is 10.0 Å². The number of methoxy groups -OCH3 is 1. The molecule has 170 valence electrons. The Morgan fingerprint density at radius 2 is 1.88 bits per heavy atom. The topological polar surface area (TPSA) is 79.7 Å². The van der Waals surface area contributed by atoms with Crippen molar-refractivity contribution in [3.05, 3.63) is 93.7 Å². The minimum atomic E-state index is -0.926. The van der Waals surface area contributed by atoms with Crippen LogP contribution in [-0.2, 0) is 9.59 Å². The summed E-state index contributed by atoms with van der Waals surface area (Å²) in [5, 5.41) is 11.4. The molecule has 0 radical (unpaired) electrons. The number of aliphatic hydroxyl groups excluding tert-OH is 1. The summed E-state index contributed by atoms with van der Waals surface area (Å²) in [4.78, 5) is 32.4. The minimum absolute atomic E-state index is 0.0912. The number of thiazole rings is 1. The van der Waals surface area contributed by atoms with Gasteiger partial charge in [-0.15, -0.1) is 0 Å². The maximum absolute atomic E-state index is 13.4. The number of carbonyl (C=O) groups is 2. The highest BCUT2D eigenvalue weighted by Crippen LogP contribution is 2.45. The molecule has 2 heterocycles. The molecular formula is C25H16BrFN2O4S. The minimum Gasteiger partial charge on any atom is -0.507 e. The van der Waals surface area contributed by atoms with Crippen molar-refractivity contribution in [2.45, 2.75) is 6.04 Å². The molecule has 6 nitrogen and oxygen atoms in total. The first-order valence-electron chi connectivity index (χ1n) is 10.1. The average molecular weight is 539 g/mol. The lowest BCUT2D eigenvalue weighted by molar-refractivity contribution is -0.132. The van der Waals surface area contributed by atoms with Crippen LogP contribution in [0.15, 0.2) is 76.8 Å². The number of anilines is 1. The first-order valence-corrected chi connectivity index (χ1v) is 11.8. The predicted molar refractivity (Wildman–Crippen MR) is 131 cm³/mol. The van der Waals surface area contributed by atoms with E-state index in [0.717, 1.165) is 9.17 Å². The lowest BCUT2D eigenvalue weighted by Gasteiger charge is -2.23. The number of hydrogen-bond donors (Lipinski definition) is 1. The smallest absolute Gasteiger partial charge is 0.301 e. The Labute approximate surface area is 206 Å². The van der Waals surface area contributed by atoms with Gasteiger partial charge in [-0.2, -0.15) is 0 Å². The summed E-state index contributed by atoms with van der Waals surface area (Å²) in [7, 11) is 1.56. The second-order valence-corrected chi connectivity index (χ2v) is 9.49. The van der Waals surface area contributed by atoms with Crippen molar-refractivity contribution in [2.24, 2.45) is 0 Å². The van der Waals surface area contributed by atoms with Crippen molar-refractivity contribution in [3.63, 3.8) is 0 Å². The summed E-state index contributed by atoms with van der Waals surface area (Å²) >= 11 is 4.67. The summed E-state index contributed by atoms with van der Waals surface area (Å²) in [5.74, 6) is -1.87. The Bertz CT molecular complexity index is 1480. The van der Waals surface area contributed by atoms with E-state index in [9.17, 15) is 19.1 Å². The van der Waals surface area contributed by atoms with E-state index >= 15 is 0 Å². The van der Waals surface area contributed by atoms with Crippen LogP contribution in [0.3, 0.4) is 0 Å². The molecule has 34 heavy (non-hydrogen) atoms. The Balaban J connectivity index is 1.72. The maximum Gasteiger partial charge on any atom is 0.301 e. The number of rotatable bonds is 4. The van der Waals surface area contributed by atoms with Crippen molar-refractivity contribution < 1.29 is 23.8 Å². The number of aliphatic hydroxyl groups is 1. The number of halogens is 2. The van der Waals surface area contributed by atoms with E-state index in [1.165, 1.54) is 40.5 Å². The molecule has 3 aromatic carbocycles. The van der Waals surface area contributed by atoms with Crippen LogP contribution in [0.25, 0.3) is 16.0 Å². The monoisotopic (exact) mass is 538 g/mol. The predicted octanol–water partition coefficient (Wildman–Crippen LogP) is 5.83. The zero-order valence-corrected chi connectivity index (χ0v) is 20.1. The fourth-order valence-electron chi connectivity index (χ4n) is 3.91. The molecule has 0 saturated carbocycles. The largest absolute Gasteiger partial charge is 0.507 e. The quantitative estimate of drug-likeness (QED) is 0.201. The van der Waals surface area contributed by atoms with Gasteiger partial charge in [-0.3, -0.25) is 14.5 Å². The van der Waals surface area contributed by atoms with E-state index in [1.807, 2.05) is 6.07 Å².